The first-order chi connectivity index (χ1) is 5.29. The average Bonchev–Trinajstić information content (AvgIpc) is 2.45. The first-order valence-electron chi connectivity index (χ1n) is 2.77. The zero-order chi connectivity index (χ0) is 7.84. The van der Waals surface area contributed by atoms with Gasteiger partial charge >= 0.3 is 0 Å². The summed E-state index contributed by atoms with van der Waals surface area (Å²) in [7, 11) is 0. The van der Waals surface area contributed by atoms with Gasteiger partial charge in [0.2, 0.25) is 5.65 Å². The number of hydrogen-bond acceptors (Lipinski definition) is 5. The van der Waals surface area contributed by atoms with Crippen molar-refractivity contribution in [3.8, 4) is 0 Å². The molecule has 0 aliphatic rings. The Hall–Kier alpha value is -1.43. The molecule has 0 saturated heterocycles. The molecule has 0 unspecified atom stereocenters. The van der Waals surface area contributed by atoms with Gasteiger partial charge in [-0.05, 0) is 10.4 Å². The molecule has 56 valence electrons. The number of aromatic nitrogens is 5. The SMILES string of the molecule is Nc1cnn2nnnc2c1Cl. The third kappa shape index (κ3) is 0.795. The highest BCUT2D eigenvalue weighted by atomic mass is 35.5. The molecule has 0 aliphatic carbocycles. The Bertz CT molecular complexity index is 394. The second kappa shape index (κ2) is 2.03. The highest BCUT2D eigenvalue weighted by molar-refractivity contribution is 6.35. The molecule has 0 spiro atoms. The summed E-state index contributed by atoms with van der Waals surface area (Å²) >= 11 is 5.74. The van der Waals surface area contributed by atoms with Gasteiger partial charge in [0.15, 0.2) is 0 Å². The molecule has 6 nitrogen and oxygen atoms in total. The van der Waals surface area contributed by atoms with Gasteiger partial charge in [0.1, 0.15) is 5.02 Å². The molecule has 0 aliphatic heterocycles. The topological polar surface area (TPSA) is 82.0 Å². The van der Waals surface area contributed by atoms with Crippen molar-refractivity contribution in [2.75, 3.05) is 5.73 Å². The van der Waals surface area contributed by atoms with E-state index in [2.05, 4.69) is 20.6 Å². The van der Waals surface area contributed by atoms with Crippen LogP contribution in [0.2, 0.25) is 5.02 Å². The molecular weight excluding hydrogens is 168 g/mol. The number of nitrogens with two attached hydrogens (primary N) is 1. The monoisotopic (exact) mass is 170 g/mol. The highest BCUT2D eigenvalue weighted by Crippen LogP contribution is 2.19. The van der Waals surface area contributed by atoms with E-state index in [1.807, 2.05) is 0 Å². The maximum atomic E-state index is 5.74. The quantitative estimate of drug-likeness (QED) is 0.590. The molecule has 0 amide bonds. The number of hydrogen-bond donors (Lipinski definition) is 1. The van der Waals surface area contributed by atoms with Crippen molar-refractivity contribution in [2.24, 2.45) is 0 Å². The third-order valence-corrected chi connectivity index (χ3v) is 1.60. The summed E-state index contributed by atoms with van der Waals surface area (Å²) in [4.78, 5) is 0. The maximum Gasteiger partial charge on any atom is 0.220 e. The summed E-state index contributed by atoms with van der Waals surface area (Å²) in [6, 6.07) is 0. The Morgan fingerprint density at radius 1 is 1.55 bits per heavy atom. The van der Waals surface area contributed by atoms with Crippen molar-refractivity contribution in [3.05, 3.63) is 11.2 Å². The fourth-order valence-corrected chi connectivity index (χ4v) is 0.857. The van der Waals surface area contributed by atoms with E-state index in [0.717, 1.165) is 0 Å². The smallest absolute Gasteiger partial charge is 0.220 e. The molecule has 2 aromatic rings. The minimum Gasteiger partial charge on any atom is -0.396 e. The lowest BCUT2D eigenvalue weighted by Gasteiger charge is -1.94. The number of fused-ring (bicyclic) bond motifs is 1. The number of tetrazole rings is 1. The van der Waals surface area contributed by atoms with E-state index in [9.17, 15) is 0 Å². The van der Waals surface area contributed by atoms with E-state index in [0.29, 0.717) is 16.4 Å². The summed E-state index contributed by atoms with van der Waals surface area (Å²) in [6.45, 7) is 0. The molecule has 0 fully saturated rings. The molecule has 2 heterocycles. The number of anilines is 1. The molecule has 0 bridgehead atoms. The fraction of sp³-hybridized carbons (Fsp3) is 0. The zero-order valence-corrected chi connectivity index (χ0v) is 6.02. The standard InChI is InChI=1S/C4H3ClN6/c5-3-2(6)1-7-11-4(3)8-9-10-11/h1H,6H2. The maximum absolute atomic E-state index is 5.74. The van der Waals surface area contributed by atoms with Crippen LogP contribution in [0.15, 0.2) is 6.20 Å². The van der Waals surface area contributed by atoms with Crippen LogP contribution in [-0.4, -0.2) is 25.3 Å². The first-order valence-corrected chi connectivity index (χ1v) is 3.15. The molecular formula is C4H3ClN6. The van der Waals surface area contributed by atoms with Gasteiger partial charge < -0.3 is 5.73 Å². The molecule has 0 saturated carbocycles. The van der Waals surface area contributed by atoms with E-state index in [1.165, 1.54) is 10.8 Å². The van der Waals surface area contributed by atoms with Gasteiger partial charge in [-0.2, -0.15) is 5.10 Å². The molecule has 2 aromatic heterocycles. The van der Waals surface area contributed by atoms with Gasteiger partial charge in [0, 0.05) is 0 Å². The lowest BCUT2D eigenvalue weighted by atomic mass is 10.5. The van der Waals surface area contributed by atoms with Crippen LogP contribution in [0.5, 0.6) is 0 Å². The van der Waals surface area contributed by atoms with E-state index in [-0.39, 0.29) is 0 Å². The van der Waals surface area contributed by atoms with Crippen LogP contribution in [0, 0.1) is 0 Å². The minimum absolute atomic E-state index is 0.324. The van der Waals surface area contributed by atoms with Crippen LogP contribution >= 0.6 is 11.6 Å². The first kappa shape index (κ1) is 6.29. The van der Waals surface area contributed by atoms with Crippen molar-refractivity contribution in [1.29, 1.82) is 0 Å². The summed E-state index contributed by atoms with van der Waals surface area (Å²) in [6.07, 6.45) is 1.39. The lowest BCUT2D eigenvalue weighted by Crippen LogP contribution is -1.97. The Labute approximate surface area is 65.9 Å². The van der Waals surface area contributed by atoms with Crippen LogP contribution in [0.4, 0.5) is 5.69 Å². The van der Waals surface area contributed by atoms with E-state index >= 15 is 0 Å². The molecule has 11 heavy (non-hydrogen) atoms. The Kier molecular flexibility index (Phi) is 1.16. The van der Waals surface area contributed by atoms with E-state index in [1.54, 1.807) is 0 Å². The fourth-order valence-electron chi connectivity index (χ4n) is 0.695. The molecule has 0 radical (unpaired) electrons. The summed E-state index contributed by atoms with van der Waals surface area (Å²) < 4.78 is 1.21. The van der Waals surface area contributed by atoms with Gasteiger partial charge in [-0.15, -0.1) is 9.73 Å². The van der Waals surface area contributed by atoms with Crippen LogP contribution < -0.4 is 5.73 Å². The van der Waals surface area contributed by atoms with Crippen LogP contribution in [-0.2, 0) is 0 Å². The average molecular weight is 171 g/mol. The van der Waals surface area contributed by atoms with Crippen molar-refractivity contribution < 1.29 is 0 Å². The van der Waals surface area contributed by atoms with Crippen molar-refractivity contribution in [3.63, 3.8) is 0 Å². The Morgan fingerprint density at radius 2 is 2.36 bits per heavy atom. The molecule has 2 N–H and O–H groups in total. The van der Waals surface area contributed by atoms with Gasteiger partial charge in [-0.3, -0.25) is 0 Å². The van der Waals surface area contributed by atoms with Crippen LogP contribution in [0.25, 0.3) is 5.65 Å². The third-order valence-electron chi connectivity index (χ3n) is 1.21. The highest BCUT2D eigenvalue weighted by Gasteiger charge is 2.05. The van der Waals surface area contributed by atoms with Gasteiger partial charge in [0.25, 0.3) is 0 Å². The number of nitrogens with zero attached hydrogens (tertiary/aromatic N) is 5. The number of nitrogen functional groups attached to an aromatic ring is 1. The van der Waals surface area contributed by atoms with Crippen LogP contribution in [0.3, 0.4) is 0 Å². The minimum atomic E-state index is 0.324. The van der Waals surface area contributed by atoms with Gasteiger partial charge in [-0.25, -0.2) is 0 Å². The summed E-state index contributed by atoms with van der Waals surface area (Å²) in [5.41, 5.74) is 6.18. The molecule has 0 atom stereocenters. The summed E-state index contributed by atoms with van der Waals surface area (Å²) in [5, 5.41) is 14.6. The van der Waals surface area contributed by atoms with Crippen molar-refractivity contribution in [2.45, 2.75) is 0 Å². The van der Waals surface area contributed by atoms with Gasteiger partial charge in [-0.1, -0.05) is 11.6 Å². The predicted octanol–water partition coefficient (Wildman–Crippen LogP) is -0.245. The Morgan fingerprint density at radius 3 is 3.18 bits per heavy atom. The Balaban J connectivity index is 2.93. The summed E-state index contributed by atoms with van der Waals surface area (Å²) in [5.74, 6) is 0. The number of rotatable bonds is 0. The lowest BCUT2D eigenvalue weighted by molar-refractivity contribution is 0.734. The van der Waals surface area contributed by atoms with Crippen molar-refractivity contribution >= 4 is 22.9 Å². The molecule has 2 rings (SSSR count). The predicted molar refractivity (Wildman–Crippen MR) is 38.0 cm³/mol. The molecule has 7 heteroatoms. The largest absolute Gasteiger partial charge is 0.396 e. The second-order valence-electron chi connectivity index (χ2n) is 1.91. The molecule has 0 aromatic carbocycles. The van der Waals surface area contributed by atoms with E-state index in [4.69, 9.17) is 17.3 Å². The van der Waals surface area contributed by atoms with Crippen molar-refractivity contribution in [1.82, 2.24) is 25.3 Å². The zero-order valence-electron chi connectivity index (χ0n) is 5.27. The van der Waals surface area contributed by atoms with Gasteiger partial charge in [0.05, 0.1) is 11.9 Å². The van der Waals surface area contributed by atoms with Crippen LogP contribution in [0.1, 0.15) is 0 Å². The second-order valence-corrected chi connectivity index (χ2v) is 2.28. The normalized spacial score (nSPS) is 10.6. The van der Waals surface area contributed by atoms with E-state index < -0.39 is 0 Å². The number of halogens is 1.